The molecule has 12 heteroatoms. The van der Waals surface area contributed by atoms with Gasteiger partial charge in [0.1, 0.15) is 34.7 Å². The molecule has 0 fully saturated rings. The number of nitrogens with zero attached hydrogens (tertiary/aromatic N) is 4. The average molecular weight is 657 g/mol. The third kappa shape index (κ3) is 8.33. The Hall–Kier alpha value is -3.09. The first kappa shape index (κ1) is 32.3. The Bertz CT molecular complexity index is 1650. The Morgan fingerprint density at radius 2 is 2.00 bits per heavy atom. The second kappa shape index (κ2) is 14.3. The number of imidazole rings is 1. The van der Waals surface area contributed by atoms with Crippen LogP contribution >= 0.6 is 22.9 Å². The molecule has 0 bridgehead atoms. The van der Waals surface area contributed by atoms with Crippen LogP contribution in [0.3, 0.4) is 0 Å². The quantitative estimate of drug-likeness (QED) is 0.0831. The Morgan fingerprint density at radius 1 is 1.16 bits per heavy atom. The van der Waals surface area contributed by atoms with Crippen LogP contribution in [0.25, 0.3) is 15.9 Å². The third-order valence-electron chi connectivity index (χ3n) is 7.32. The van der Waals surface area contributed by atoms with E-state index in [0.717, 1.165) is 53.0 Å². The molecule has 0 aliphatic carbocycles. The van der Waals surface area contributed by atoms with Crippen LogP contribution in [0.1, 0.15) is 40.1 Å². The van der Waals surface area contributed by atoms with Gasteiger partial charge in [-0.1, -0.05) is 49.5 Å². The van der Waals surface area contributed by atoms with Crippen molar-refractivity contribution < 1.29 is 23.4 Å². The highest BCUT2D eigenvalue weighted by Gasteiger charge is 2.22. The summed E-state index contributed by atoms with van der Waals surface area (Å²) in [5.74, 6) is 0.631. The summed E-state index contributed by atoms with van der Waals surface area (Å²) in [6.45, 7) is 12.5. The van der Waals surface area contributed by atoms with Crippen LogP contribution in [0, 0.1) is 5.82 Å². The zero-order chi connectivity index (χ0) is 31.3. The van der Waals surface area contributed by atoms with Crippen molar-refractivity contribution in [2.24, 2.45) is 0 Å². The van der Waals surface area contributed by atoms with Crippen molar-refractivity contribution in [1.29, 1.82) is 0 Å². The molecule has 1 aromatic carbocycles. The molecular formula is C32H38ClFN4O4SSi. The first-order valence-electron chi connectivity index (χ1n) is 14.8. The Labute approximate surface area is 267 Å². The summed E-state index contributed by atoms with van der Waals surface area (Å²) in [7, 11) is -1.22. The average Bonchev–Trinajstić information content (AvgIpc) is 3.53. The van der Waals surface area contributed by atoms with Crippen molar-refractivity contribution in [3.8, 4) is 5.88 Å². The van der Waals surface area contributed by atoms with E-state index in [1.54, 1.807) is 25.1 Å². The van der Waals surface area contributed by atoms with Crippen molar-refractivity contribution in [1.82, 2.24) is 19.4 Å². The van der Waals surface area contributed by atoms with Gasteiger partial charge in [-0.15, -0.1) is 11.3 Å². The Kier molecular flexibility index (Phi) is 10.5. The molecule has 8 nitrogen and oxygen atoms in total. The first-order chi connectivity index (χ1) is 21.1. The van der Waals surface area contributed by atoms with Gasteiger partial charge in [-0.3, -0.25) is 4.90 Å². The fraction of sp³-hybridized carbons (Fsp3) is 0.406. The maximum Gasteiger partial charge on any atom is 0.348 e. The number of pyridine rings is 1. The molecule has 4 heterocycles. The van der Waals surface area contributed by atoms with Gasteiger partial charge in [0, 0.05) is 44.4 Å². The van der Waals surface area contributed by atoms with E-state index in [9.17, 15) is 9.18 Å². The van der Waals surface area contributed by atoms with Gasteiger partial charge in [0.15, 0.2) is 0 Å². The minimum absolute atomic E-state index is 0.0690. The molecule has 0 saturated heterocycles. The number of carbonyl (C=O) groups is 1. The summed E-state index contributed by atoms with van der Waals surface area (Å²) in [4.78, 5) is 25.7. The number of ether oxygens (including phenoxy) is 3. The number of hydrogen-bond acceptors (Lipinski definition) is 8. The molecule has 5 rings (SSSR count). The molecule has 4 aromatic rings. The summed E-state index contributed by atoms with van der Waals surface area (Å²) in [6, 6.07) is 13.1. The van der Waals surface area contributed by atoms with E-state index in [4.69, 9.17) is 30.8 Å². The second-order valence-corrected chi connectivity index (χ2v) is 19.0. The minimum atomic E-state index is -1.22. The van der Waals surface area contributed by atoms with Crippen LogP contribution in [-0.4, -0.2) is 59.8 Å². The number of aromatic nitrogens is 3. The molecule has 0 radical (unpaired) electrons. The highest BCUT2D eigenvalue weighted by atomic mass is 35.5. The largest absolute Gasteiger partial charge is 0.473 e. The zero-order valence-corrected chi connectivity index (χ0v) is 28.1. The Morgan fingerprint density at radius 3 is 2.73 bits per heavy atom. The van der Waals surface area contributed by atoms with Gasteiger partial charge >= 0.3 is 5.97 Å². The lowest BCUT2D eigenvalue weighted by Gasteiger charge is -2.26. The standard InChI is InChI=1S/C32H38ClFN4O4SSi/c1-5-41-32(39)28-18-27-31(43-28)36-29(38(27)21-40-15-16-44(2,3)4)19-37-13-11-22(12-14-37)26-7-6-8-30(35-26)42-20-23-9-10-24(33)17-25(23)34/h6-11,17-18H,5,12-16,19-21H2,1-4H3. The van der Waals surface area contributed by atoms with Crippen LogP contribution < -0.4 is 4.74 Å². The van der Waals surface area contributed by atoms with Crippen molar-refractivity contribution in [3.05, 3.63) is 81.3 Å². The summed E-state index contributed by atoms with van der Waals surface area (Å²) in [5.41, 5.74) is 3.31. The van der Waals surface area contributed by atoms with Crippen molar-refractivity contribution in [2.45, 2.75) is 58.9 Å². The van der Waals surface area contributed by atoms with E-state index in [1.165, 1.54) is 17.4 Å². The maximum atomic E-state index is 14.2. The fourth-order valence-corrected chi connectivity index (χ4v) is 6.68. The Balaban J connectivity index is 1.25. The smallest absolute Gasteiger partial charge is 0.348 e. The second-order valence-electron chi connectivity index (χ2n) is 11.9. The number of hydrogen-bond donors (Lipinski definition) is 0. The van der Waals surface area contributed by atoms with E-state index in [-0.39, 0.29) is 12.6 Å². The van der Waals surface area contributed by atoms with Gasteiger partial charge in [0.2, 0.25) is 5.88 Å². The molecular weight excluding hydrogens is 619 g/mol. The zero-order valence-electron chi connectivity index (χ0n) is 25.6. The van der Waals surface area contributed by atoms with Gasteiger partial charge in [-0.2, -0.15) is 0 Å². The number of rotatable bonds is 13. The van der Waals surface area contributed by atoms with Gasteiger partial charge in [-0.25, -0.2) is 19.2 Å². The summed E-state index contributed by atoms with van der Waals surface area (Å²) < 4.78 is 33.4. The van der Waals surface area contributed by atoms with Gasteiger partial charge < -0.3 is 18.8 Å². The SMILES string of the molecule is CCOC(=O)c1cc2c(nc(CN3CC=C(c4cccc(OCc5ccc(Cl)cc5F)n4)CC3)n2COCC[Si](C)(C)C)s1. The molecule has 0 spiro atoms. The van der Waals surface area contributed by atoms with E-state index < -0.39 is 13.9 Å². The maximum absolute atomic E-state index is 14.2. The molecule has 234 valence electrons. The van der Waals surface area contributed by atoms with Gasteiger partial charge in [-0.05, 0) is 49.2 Å². The topological polar surface area (TPSA) is 78.7 Å². The molecule has 44 heavy (non-hydrogen) atoms. The molecule has 1 aliphatic rings. The number of thiophene rings is 1. The number of fused-ring (bicyclic) bond motifs is 1. The molecule has 1 aliphatic heterocycles. The van der Waals surface area contributed by atoms with Gasteiger partial charge in [0.05, 0.1) is 24.4 Å². The third-order valence-corrected chi connectivity index (χ3v) is 10.3. The van der Waals surface area contributed by atoms with E-state index in [2.05, 4.69) is 40.2 Å². The molecule has 0 atom stereocenters. The van der Waals surface area contributed by atoms with Crippen LogP contribution in [0.5, 0.6) is 5.88 Å². The van der Waals surface area contributed by atoms with Crippen molar-refractivity contribution in [2.75, 3.05) is 26.3 Å². The lowest BCUT2D eigenvalue weighted by atomic mass is 10.0. The molecule has 0 saturated carbocycles. The van der Waals surface area contributed by atoms with E-state index in [0.29, 0.717) is 47.8 Å². The predicted molar refractivity (Wildman–Crippen MR) is 176 cm³/mol. The van der Waals surface area contributed by atoms with E-state index in [1.807, 2.05) is 18.2 Å². The number of esters is 1. The van der Waals surface area contributed by atoms with Crippen LogP contribution in [0.4, 0.5) is 4.39 Å². The van der Waals surface area contributed by atoms with Crippen LogP contribution in [0.15, 0.2) is 48.5 Å². The summed E-state index contributed by atoms with van der Waals surface area (Å²) >= 11 is 7.21. The minimum Gasteiger partial charge on any atom is -0.473 e. The lowest BCUT2D eigenvalue weighted by Crippen LogP contribution is -2.29. The lowest BCUT2D eigenvalue weighted by molar-refractivity contribution is 0.0532. The highest BCUT2D eigenvalue weighted by Crippen LogP contribution is 2.29. The van der Waals surface area contributed by atoms with Gasteiger partial charge in [0.25, 0.3) is 0 Å². The monoisotopic (exact) mass is 656 g/mol. The van der Waals surface area contributed by atoms with Crippen LogP contribution in [-0.2, 0) is 29.4 Å². The van der Waals surface area contributed by atoms with E-state index >= 15 is 0 Å². The summed E-state index contributed by atoms with van der Waals surface area (Å²) in [6.07, 6.45) is 3.00. The van der Waals surface area contributed by atoms with Crippen molar-refractivity contribution >= 4 is 52.9 Å². The number of carbonyl (C=O) groups excluding carboxylic acids is 1. The fourth-order valence-electron chi connectivity index (χ4n) is 4.82. The predicted octanol–water partition coefficient (Wildman–Crippen LogP) is 7.64. The van der Waals surface area contributed by atoms with Crippen molar-refractivity contribution in [3.63, 3.8) is 0 Å². The highest BCUT2D eigenvalue weighted by molar-refractivity contribution is 7.20. The number of halogens is 2. The molecule has 0 amide bonds. The first-order valence-corrected chi connectivity index (χ1v) is 19.7. The van der Waals surface area contributed by atoms with Crippen LogP contribution in [0.2, 0.25) is 30.7 Å². The normalized spacial score (nSPS) is 14.2. The number of benzene rings is 1. The molecule has 3 aromatic heterocycles. The summed E-state index contributed by atoms with van der Waals surface area (Å²) in [5, 5.41) is 0.349. The molecule has 0 unspecified atom stereocenters. The molecule has 0 N–H and O–H groups in total.